The lowest BCUT2D eigenvalue weighted by Crippen LogP contribution is -3.28. The van der Waals surface area contributed by atoms with Crippen LogP contribution in [0.25, 0.3) is 0 Å². The molecule has 2 aromatic rings. The highest BCUT2D eigenvalue weighted by Crippen LogP contribution is 2.11. The van der Waals surface area contributed by atoms with Crippen LogP contribution in [-0.2, 0) is 11.3 Å². The zero-order chi connectivity index (χ0) is 18.4. The van der Waals surface area contributed by atoms with E-state index >= 15 is 0 Å². The second-order valence-electron chi connectivity index (χ2n) is 6.76. The number of carbonyl (C=O) groups excluding carboxylic acids is 1. The second-order valence-corrected chi connectivity index (χ2v) is 6.76. The van der Waals surface area contributed by atoms with E-state index in [0.29, 0.717) is 12.2 Å². The van der Waals surface area contributed by atoms with Gasteiger partial charge in [0.2, 0.25) is 0 Å². The van der Waals surface area contributed by atoms with Gasteiger partial charge in [0.05, 0.1) is 7.11 Å². The van der Waals surface area contributed by atoms with Gasteiger partial charge in [0, 0.05) is 11.3 Å². The van der Waals surface area contributed by atoms with Crippen molar-refractivity contribution in [2.75, 3.05) is 45.2 Å². The topological polar surface area (TPSA) is 47.2 Å². The van der Waals surface area contributed by atoms with Crippen molar-refractivity contribution in [3.05, 3.63) is 59.9 Å². The maximum absolute atomic E-state index is 13.2. The van der Waals surface area contributed by atoms with Crippen molar-refractivity contribution in [3.63, 3.8) is 0 Å². The minimum Gasteiger partial charge on any atom is -0.497 e. The van der Waals surface area contributed by atoms with Crippen LogP contribution in [0.4, 0.5) is 10.1 Å². The van der Waals surface area contributed by atoms with E-state index in [9.17, 15) is 9.18 Å². The lowest BCUT2D eigenvalue weighted by atomic mass is 10.2. The van der Waals surface area contributed by atoms with Crippen molar-refractivity contribution in [3.8, 4) is 5.75 Å². The van der Waals surface area contributed by atoms with Gasteiger partial charge in [0.15, 0.2) is 6.54 Å². The Balaban J connectivity index is 1.44. The molecule has 1 amide bonds. The molecule has 0 spiro atoms. The van der Waals surface area contributed by atoms with Gasteiger partial charge >= 0.3 is 0 Å². The summed E-state index contributed by atoms with van der Waals surface area (Å²) < 4.78 is 18.5. The van der Waals surface area contributed by atoms with Crippen LogP contribution in [0.1, 0.15) is 5.56 Å². The largest absolute Gasteiger partial charge is 0.497 e. The first-order valence-corrected chi connectivity index (χ1v) is 8.98. The Morgan fingerprint density at radius 1 is 1.08 bits per heavy atom. The molecule has 0 atom stereocenters. The molecule has 5 nitrogen and oxygen atoms in total. The maximum Gasteiger partial charge on any atom is 0.279 e. The molecule has 0 unspecified atom stereocenters. The Kier molecular flexibility index (Phi) is 6.20. The zero-order valence-electron chi connectivity index (χ0n) is 15.1. The van der Waals surface area contributed by atoms with Crippen molar-refractivity contribution in [2.45, 2.75) is 6.54 Å². The van der Waals surface area contributed by atoms with Gasteiger partial charge in [0.25, 0.3) is 5.91 Å². The smallest absolute Gasteiger partial charge is 0.279 e. The van der Waals surface area contributed by atoms with E-state index in [2.05, 4.69) is 17.4 Å². The molecule has 26 heavy (non-hydrogen) atoms. The fourth-order valence-corrected chi connectivity index (χ4v) is 3.38. The normalized spacial score (nSPS) is 19.8. The van der Waals surface area contributed by atoms with E-state index in [0.717, 1.165) is 38.5 Å². The molecule has 3 N–H and O–H groups in total. The van der Waals surface area contributed by atoms with Crippen LogP contribution in [0, 0.1) is 5.82 Å². The number of rotatable bonds is 6. The first-order chi connectivity index (χ1) is 12.6. The number of quaternary nitrogens is 2. The summed E-state index contributed by atoms with van der Waals surface area (Å²) in [5, 5.41) is 2.77. The van der Waals surface area contributed by atoms with Crippen molar-refractivity contribution in [1.82, 2.24) is 0 Å². The molecular weight excluding hydrogens is 333 g/mol. The SMILES string of the molecule is COc1cccc(C[NH+]2CC[NH+](CC(=O)Nc3cccc(F)c3)CC2)c1. The zero-order valence-corrected chi connectivity index (χ0v) is 15.1. The molecule has 138 valence electrons. The molecule has 0 bridgehead atoms. The van der Waals surface area contributed by atoms with Crippen LogP contribution in [0.2, 0.25) is 0 Å². The van der Waals surface area contributed by atoms with Crippen LogP contribution in [0.3, 0.4) is 0 Å². The van der Waals surface area contributed by atoms with E-state index in [1.807, 2.05) is 12.1 Å². The molecule has 1 aliphatic rings. The molecule has 1 aliphatic heterocycles. The summed E-state index contributed by atoms with van der Waals surface area (Å²) in [4.78, 5) is 15.0. The summed E-state index contributed by atoms with van der Waals surface area (Å²) in [7, 11) is 1.68. The molecule has 0 saturated carbocycles. The van der Waals surface area contributed by atoms with Crippen LogP contribution < -0.4 is 19.9 Å². The van der Waals surface area contributed by atoms with E-state index in [4.69, 9.17) is 4.74 Å². The Morgan fingerprint density at radius 2 is 1.81 bits per heavy atom. The van der Waals surface area contributed by atoms with E-state index in [-0.39, 0.29) is 11.7 Å². The number of ether oxygens (including phenoxy) is 1. The summed E-state index contributed by atoms with van der Waals surface area (Å²) in [6, 6.07) is 14.2. The minimum absolute atomic E-state index is 0.0677. The van der Waals surface area contributed by atoms with E-state index in [1.54, 1.807) is 19.2 Å². The monoisotopic (exact) mass is 359 g/mol. The highest BCUT2D eigenvalue weighted by molar-refractivity contribution is 5.91. The summed E-state index contributed by atoms with van der Waals surface area (Å²) in [6.45, 7) is 5.36. The third kappa shape index (κ3) is 5.28. The molecule has 1 saturated heterocycles. The van der Waals surface area contributed by atoms with Crippen molar-refractivity contribution in [1.29, 1.82) is 0 Å². The van der Waals surface area contributed by atoms with Gasteiger partial charge in [-0.1, -0.05) is 18.2 Å². The highest BCUT2D eigenvalue weighted by atomic mass is 19.1. The Hall–Kier alpha value is -2.44. The van der Waals surface area contributed by atoms with Gasteiger partial charge in [-0.3, -0.25) is 4.79 Å². The number of carbonyl (C=O) groups is 1. The molecule has 0 aromatic heterocycles. The predicted octanol–water partition coefficient (Wildman–Crippen LogP) is -0.244. The lowest BCUT2D eigenvalue weighted by molar-refractivity contribution is -1.02. The third-order valence-corrected chi connectivity index (χ3v) is 4.77. The molecule has 6 heteroatoms. The van der Waals surface area contributed by atoms with E-state index < -0.39 is 0 Å². The maximum atomic E-state index is 13.2. The quantitative estimate of drug-likeness (QED) is 0.667. The lowest BCUT2D eigenvalue weighted by Gasteiger charge is -2.29. The van der Waals surface area contributed by atoms with Gasteiger partial charge in [0.1, 0.15) is 44.3 Å². The number of halogens is 1. The van der Waals surface area contributed by atoms with Gasteiger partial charge in [-0.05, 0) is 30.3 Å². The number of methoxy groups -OCH3 is 1. The highest BCUT2D eigenvalue weighted by Gasteiger charge is 2.25. The van der Waals surface area contributed by atoms with Crippen LogP contribution in [-0.4, -0.2) is 45.7 Å². The van der Waals surface area contributed by atoms with E-state index in [1.165, 1.54) is 27.5 Å². The predicted molar refractivity (Wildman–Crippen MR) is 98.0 cm³/mol. The minimum atomic E-state index is -0.343. The van der Waals surface area contributed by atoms with Gasteiger partial charge in [-0.2, -0.15) is 0 Å². The number of hydrogen-bond acceptors (Lipinski definition) is 2. The molecule has 0 radical (unpaired) electrons. The van der Waals surface area contributed by atoms with Crippen LogP contribution in [0.15, 0.2) is 48.5 Å². The average Bonchev–Trinajstić information content (AvgIpc) is 2.63. The first kappa shape index (κ1) is 18.4. The molecular formula is C20H26FN3O2+2. The van der Waals surface area contributed by atoms with Crippen LogP contribution >= 0.6 is 0 Å². The van der Waals surface area contributed by atoms with Gasteiger partial charge in [-0.15, -0.1) is 0 Å². The number of benzene rings is 2. The Labute approximate surface area is 153 Å². The number of amides is 1. The van der Waals surface area contributed by atoms with Crippen LogP contribution in [0.5, 0.6) is 5.75 Å². The van der Waals surface area contributed by atoms with Crippen molar-refractivity contribution >= 4 is 11.6 Å². The summed E-state index contributed by atoms with van der Waals surface area (Å²) in [5.41, 5.74) is 1.78. The fourth-order valence-electron chi connectivity index (χ4n) is 3.38. The Morgan fingerprint density at radius 3 is 2.54 bits per heavy atom. The molecule has 3 rings (SSSR count). The summed E-state index contributed by atoms with van der Waals surface area (Å²) in [5.74, 6) is 0.479. The van der Waals surface area contributed by atoms with Gasteiger partial charge in [-0.25, -0.2) is 4.39 Å². The van der Waals surface area contributed by atoms with Gasteiger partial charge < -0.3 is 19.9 Å². The molecule has 2 aromatic carbocycles. The average molecular weight is 359 g/mol. The third-order valence-electron chi connectivity index (χ3n) is 4.77. The first-order valence-electron chi connectivity index (χ1n) is 8.98. The molecule has 1 fully saturated rings. The second kappa shape index (κ2) is 8.78. The number of anilines is 1. The summed E-state index contributed by atoms with van der Waals surface area (Å²) in [6.07, 6.45) is 0. The number of piperazine rings is 1. The summed E-state index contributed by atoms with van der Waals surface area (Å²) >= 11 is 0. The molecule has 0 aliphatic carbocycles. The van der Waals surface area contributed by atoms with Crippen molar-refractivity contribution < 1.29 is 23.7 Å². The standard InChI is InChI=1S/C20H24FN3O2/c1-26-19-7-2-4-16(12-19)14-23-8-10-24(11-9-23)15-20(25)22-18-6-3-5-17(21)13-18/h2-7,12-13H,8-11,14-15H2,1H3,(H,22,25)/p+2. The number of hydrogen-bond donors (Lipinski definition) is 3. The molecule has 1 heterocycles. The van der Waals surface area contributed by atoms with Crippen molar-refractivity contribution in [2.24, 2.45) is 0 Å². The Bertz CT molecular complexity index is 745. The number of nitrogens with one attached hydrogen (secondary N) is 3. The fraction of sp³-hybridized carbons (Fsp3) is 0.350.